The number of nitrogens with two attached hydrogens (primary N) is 1. The molecule has 4 heteroatoms. The molecule has 2 rings (SSSR count). The third-order valence-electron chi connectivity index (χ3n) is 3.37. The van der Waals surface area contributed by atoms with E-state index in [1.54, 1.807) is 11.8 Å². The average molecular weight is 259 g/mol. The number of nitrogen functional groups attached to an aromatic ring is 1. The molecule has 0 fully saturated rings. The first kappa shape index (κ1) is 13.5. The van der Waals surface area contributed by atoms with Gasteiger partial charge in [-0.3, -0.25) is 4.68 Å². The molecule has 4 nitrogen and oxygen atoms in total. The molecule has 0 radical (unpaired) electrons. The Hall–Kier alpha value is -1.97. The molecule has 0 bridgehead atoms. The van der Waals surface area contributed by atoms with Crippen LogP contribution < -0.4 is 10.5 Å². The Balaban J connectivity index is 2.69. The van der Waals surface area contributed by atoms with Gasteiger partial charge in [-0.15, -0.1) is 0 Å². The number of benzene rings is 1. The summed E-state index contributed by atoms with van der Waals surface area (Å²) in [5.41, 5.74) is 10.2. The first-order valence-corrected chi connectivity index (χ1v) is 6.43. The van der Waals surface area contributed by atoms with Gasteiger partial charge in [-0.1, -0.05) is 26.0 Å². The molecule has 0 saturated carbocycles. The predicted molar refractivity (Wildman–Crippen MR) is 78.4 cm³/mol. The van der Waals surface area contributed by atoms with E-state index in [9.17, 15) is 0 Å². The number of nitrogens with zero attached hydrogens (tertiary/aromatic N) is 2. The van der Waals surface area contributed by atoms with Crippen molar-refractivity contribution in [1.29, 1.82) is 0 Å². The largest absolute Gasteiger partial charge is 0.496 e. The van der Waals surface area contributed by atoms with E-state index in [-0.39, 0.29) is 0 Å². The lowest BCUT2D eigenvalue weighted by atomic mass is 9.92. The molecule has 102 valence electrons. The topological polar surface area (TPSA) is 53.1 Å². The van der Waals surface area contributed by atoms with Gasteiger partial charge >= 0.3 is 0 Å². The standard InChI is InChI=1S/C15H21N3O/c1-9(2)14-11(7-6-10(3)15(14)19-5)12-8-13(16)18(4)17-12/h6-9H,16H2,1-5H3. The second kappa shape index (κ2) is 4.96. The number of rotatable bonds is 3. The summed E-state index contributed by atoms with van der Waals surface area (Å²) in [5, 5.41) is 4.46. The monoisotopic (exact) mass is 259 g/mol. The zero-order valence-corrected chi connectivity index (χ0v) is 12.2. The van der Waals surface area contributed by atoms with Crippen molar-refractivity contribution in [2.24, 2.45) is 7.05 Å². The number of hydrogen-bond acceptors (Lipinski definition) is 3. The van der Waals surface area contributed by atoms with Crippen molar-refractivity contribution in [2.75, 3.05) is 12.8 Å². The van der Waals surface area contributed by atoms with Gasteiger partial charge in [0.15, 0.2) is 0 Å². The first-order valence-electron chi connectivity index (χ1n) is 6.43. The van der Waals surface area contributed by atoms with E-state index < -0.39 is 0 Å². The Morgan fingerprint density at radius 3 is 2.47 bits per heavy atom. The molecule has 1 heterocycles. The molecule has 0 aliphatic rings. The van der Waals surface area contributed by atoms with Gasteiger partial charge in [-0.25, -0.2) is 0 Å². The van der Waals surface area contributed by atoms with Gasteiger partial charge < -0.3 is 10.5 Å². The Bertz CT molecular complexity index is 580. The van der Waals surface area contributed by atoms with Crippen molar-refractivity contribution in [2.45, 2.75) is 26.7 Å². The van der Waals surface area contributed by atoms with Gasteiger partial charge in [0, 0.05) is 24.2 Å². The number of methoxy groups -OCH3 is 1. The summed E-state index contributed by atoms with van der Waals surface area (Å²) < 4.78 is 7.26. The molecule has 1 aromatic carbocycles. The lowest BCUT2D eigenvalue weighted by Crippen LogP contribution is -2.01. The van der Waals surface area contributed by atoms with E-state index in [0.29, 0.717) is 11.7 Å². The summed E-state index contributed by atoms with van der Waals surface area (Å²) in [4.78, 5) is 0. The van der Waals surface area contributed by atoms with Crippen LogP contribution in [-0.2, 0) is 7.05 Å². The second-order valence-corrected chi connectivity index (χ2v) is 5.11. The zero-order chi connectivity index (χ0) is 14.2. The minimum absolute atomic E-state index is 0.355. The van der Waals surface area contributed by atoms with Crippen molar-refractivity contribution in [3.8, 4) is 17.0 Å². The Morgan fingerprint density at radius 1 is 1.32 bits per heavy atom. The molecule has 0 aliphatic carbocycles. The number of aromatic nitrogens is 2. The lowest BCUT2D eigenvalue weighted by Gasteiger charge is -2.18. The van der Waals surface area contributed by atoms with Crippen molar-refractivity contribution >= 4 is 5.82 Å². The summed E-state index contributed by atoms with van der Waals surface area (Å²) in [7, 11) is 3.56. The van der Waals surface area contributed by atoms with Crippen LogP contribution in [0.4, 0.5) is 5.82 Å². The molecule has 1 aromatic heterocycles. The fourth-order valence-electron chi connectivity index (χ4n) is 2.39. The fraction of sp³-hybridized carbons (Fsp3) is 0.400. The molecule has 2 N–H and O–H groups in total. The van der Waals surface area contributed by atoms with Crippen LogP contribution >= 0.6 is 0 Å². The molecular weight excluding hydrogens is 238 g/mol. The van der Waals surface area contributed by atoms with Crippen LogP contribution in [0.2, 0.25) is 0 Å². The maximum absolute atomic E-state index is 5.87. The van der Waals surface area contributed by atoms with E-state index in [0.717, 1.165) is 22.6 Å². The smallest absolute Gasteiger partial charge is 0.125 e. The number of hydrogen-bond donors (Lipinski definition) is 1. The zero-order valence-electron chi connectivity index (χ0n) is 12.2. The van der Waals surface area contributed by atoms with E-state index in [1.807, 2.05) is 13.1 Å². The van der Waals surface area contributed by atoms with Crippen LogP contribution in [0.5, 0.6) is 5.75 Å². The average Bonchev–Trinajstić information content (AvgIpc) is 2.68. The van der Waals surface area contributed by atoms with E-state index in [2.05, 4.69) is 38.0 Å². The van der Waals surface area contributed by atoms with Crippen molar-refractivity contribution in [3.63, 3.8) is 0 Å². The molecule has 0 unspecified atom stereocenters. The summed E-state index contributed by atoms with van der Waals surface area (Å²) in [5.74, 6) is 1.95. The van der Waals surface area contributed by atoms with Crippen molar-refractivity contribution in [1.82, 2.24) is 9.78 Å². The van der Waals surface area contributed by atoms with Crippen molar-refractivity contribution in [3.05, 3.63) is 29.3 Å². The Labute approximate surface area is 114 Å². The highest BCUT2D eigenvalue weighted by atomic mass is 16.5. The maximum atomic E-state index is 5.87. The quantitative estimate of drug-likeness (QED) is 0.921. The lowest BCUT2D eigenvalue weighted by molar-refractivity contribution is 0.404. The van der Waals surface area contributed by atoms with Crippen LogP contribution in [0.3, 0.4) is 0 Å². The SMILES string of the molecule is COc1c(C)ccc(-c2cc(N)n(C)n2)c1C(C)C. The molecule has 0 aliphatic heterocycles. The molecule has 0 saturated heterocycles. The summed E-state index contributed by atoms with van der Waals surface area (Å²) >= 11 is 0. The van der Waals surface area contributed by atoms with Gasteiger partial charge in [-0.05, 0) is 18.4 Å². The highest BCUT2D eigenvalue weighted by Gasteiger charge is 2.18. The summed E-state index contributed by atoms with van der Waals surface area (Å²) in [6, 6.07) is 6.05. The van der Waals surface area contributed by atoms with Gasteiger partial charge in [0.1, 0.15) is 11.6 Å². The van der Waals surface area contributed by atoms with Crippen molar-refractivity contribution < 1.29 is 4.74 Å². The minimum Gasteiger partial charge on any atom is -0.496 e. The van der Waals surface area contributed by atoms with Crippen LogP contribution in [-0.4, -0.2) is 16.9 Å². The second-order valence-electron chi connectivity index (χ2n) is 5.11. The molecule has 19 heavy (non-hydrogen) atoms. The minimum atomic E-state index is 0.355. The summed E-state index contributed by atoms with van der Waals surface area (Å²) in [6.45, 7) is 6.38. The molecule has 0 amide bonds. The van der Waals surface area contributed by atoms with Crippen LogP contribution in [0.15, 0.2) is 18.2 Å². The third kappa shape index (κ3) is 2.30. The van der Waals surface area contributed by atoms with E-state index in [1.165, 1.54) is 5.56 Å². The highest BCUT2D eigenvalue weighted by Crippen LogP contribution is 2.38. The number of ether oxygens (including phenoxy) is 1. The van der Waals surface area contributed by atoms with Crippen LogP contribution in [0.25, 0.3) is 11.3 Å². The van der Waals surface area contributed by atoms with Crippen LogP contribution in [0, 0.1) is 6.92 Å². The van der Waals surface area contributed by atoms with Gasteiger partial charge in [0.2, 0.25) is 0 Å². The molecule has 2 aromatic rings. The van der Waals surface area contributed by atoms with Gasteiger partial charge in [0.25, 0.3) is 0 Å². The van der Waals surface area contributed by atoms with E-state index in [4.69, 9.17) is 10.5 Å². The first-order chi connectivity index (χ1) is 8.95. The number of aryl methyl sites for hydroxylation is 2. The van der Waals surface area contributed by atoms with E-state index >= 15 is 0 Å². The molecule has 0 spiro atoms. The predicted octanol–water partition coefficient (Wildman–Crippen LogP) is 3.11. The Kier molecular flexibility index (Phi) is 3.51. The normalized spacial score (nSPS) is 11.1. The van der Waals surface area contributed by atoms with Gasteiger partial charge in [-0.2, -0.15) is 5.10 Å². The van der Waals surface area contributed by atoms with Gasteiger partial charge in [0.05, 0.1) is 12.8 Å². The third-order valence-corrected chi connectivity index (χ3v) is 3.37. The molecule has 0 atom stereocenters. The highest BCUT2D eigenvalue weighted by molar-refractivity contribution is 5.71. The maximum Gasteiger partial charge on any atom is 0.125 e. The summed E-state index contributed by atoms with van der Waals surface area (Å²) in [6.07, 6.45) is 0. The fourth-order valence-corrected chi connectivity index (χ4v) is 2.39. The number of anilines is 1. The molecular formula is C15H21N3O. The Morgan fingerprint density at radius 2 is 2.00 bits per heavy atom. The van der Waals surface area contributed by atoms with Crippen LogP contribution in [0.1, 0.15) is 30.9 Å².